The third-order valence-corrected chi connectivity index (χ3v) is 7.81. The van der Waals surface area contributed by atoms with Crippen molar-refractivity contribution in [3.05, 3.63) is 89.2 Å². The number of carbonyl (C=O) groups excluding carboxylic acids is 2. The molecule has 3 aliphatic rings. The van der Waals surface area contributed by atoms with Crippen molar-refractivity contribution in [1.29, 1.82) is 5.26 Å². The van der Waals surface area contributed by atoms with Crippen LogP contribution < -0.4 is 0 Å². The number of ether oxygens (including phenoxy) is 1. The fourth-order valence-corrected chi connectivity index (χ4v) is 6.20. The highest BCUT2D eigenvalue weighted by molar-refractivity contribution is 5.98. The molecule has 6 nitrogen and oxygen atoms in total. The fourth-order valence-electron chi connectivity index (χ4n) is 6.20. The quantitative estimate of drug-likeness (QED) is 0.489. The number of amides is 1. The zero-order valence-corrected chi connectivity index (χ0v) is 19.3. The van der Waals surface area contributed by atoms with E-state index in [1.807, 2.05) is 35.2 Å². The average molecular weight is 464 g/mol. The van der Waals surface area contributed by atoms with Crippen molar-refractivity contribution in [3.63, 3.8) is 0 Å². The van der Waals surface area contributed by atoms with Gasteiger partial charge in [-0.05, 0) is 60.1 Å². The molecule has 1 aromatic heterocycles. The van der Waals surface area contributed by atoms with Gasteiger partial charge in [0.05, 0.1) is 0 Å². The van der Waals surface area contributed by atoms with Gasteiger partial charge in [-0.25, -0.2) is 9.78 Å². The van der Waals surface area contributed by atoms with Crippen LogP contribution in [0.2, 0.25) is 0 Å². The Kier molecular flexibility index (Phi) is 5.33. The van der Waals surface area contributed by atoms with E-state index in [4.69, 9.17) is 10.00 Å². The van der Waals surface area contributed by atoms with Crippen LogP contribution in [0.1, 0.15) is 58.8 Å². The molecule has 3 heterocycles. The summed E-state index contributed by atoms with van der Waals surface area (Å²) in [5.74, 6) is -0.0575. The molecule has 6 heteroatoms. The summed E-state index contributed by atoms with van der Waals surface area (Å²) in [5.41, 5.74) is 5.64. The smallest absolute Gasteiger partial charge is 0.410 e. The maximum absolute atomic E-state index is 13.2. The van der Waals surface area contributed by atoms with Crippen molar-refractivity contribution in [2.45, 2.75) is 43.7 Å². The van der Waals surface area contributed by atoms with Crippen LogP contribution in [-0.2, 0) is 4.74 Å². The van der Waals surface area contributed by atoms with Gasteiger partial charge in [-0.1, -0.05) is 48.5 Å². The Balaban J connectivity index is 1.14. The molecule has 2 bridgehead atoms. The number of nitriles is 1. The van der Waals surface area contributed by atoms with E-state index in [0.29, 0.717) is 30.7 Å². The first-order chi connectivity index (χ1) is 17.1. The first kappa shape index (κ1) is 21.5. The van der Waals surface area contributed by atoms with Gasteiger partial charge >= 0.3 is 6.09 Å². The topological polar surface area (TPSA) is 83.3 Å². The van der Waals surface area contributed by atoms with Crippen LogP contribution >= 0.6 is 0 Å². The number of aromatic nitrogens is 1. The highest BCUT2D eigenvalue weighted by Crippen LogP contribution is 2.45. The molecule has 0 N–H and O–H groups in total. The van der Waals surface area contributed by atoms with Gasteiger partial charge in [-0.15, -0.1) is 0 Å². The molecular weight excluding hydrogens is 438 g/mol. The number of nitrogens with zero attached hydrogens (tertiary/aromatic N) is 3. The molecule has 2 aliphatic heterocycles. The van der Waals surface area contributed by atoms with Crippen LogP contribution in [0.5, 0.6) is 0 Å². The van der Waals surface area contributed by atoms with Crippen molar-refractivity contribution in [2.75, 3.05) is 6.61 Å². The zero-order chi connectivity index (χ0) is 23.9. The fraction of sp³-hybridized carbons (Fsp3) is 0.310. The SMILES string of the molecule is N#Cc1ccc(C(=O)C2CC3CCC(C2)N3C(=O)OCC2c3ccccc3-c3ccccc32)cn1. The highest BCUT2D eigenvalue weighted by atomic mass is 16.6. The minimum atomic E-state index is -0.273. The van der Waals surface area contributed by atoms with Crippen molar-refractivity contribution < 1.29 is 14.3 Å². The molecule has 0 spiro atoms. The number of ketones is 1. The standard InChI is InChI=1S/C29H25N3O3/c30-15-20-10-9-18(16-31-20)28(33)19-13-21-11-12-22(14-19)32(21)29(34)35-17-27-25-7-3-1-5-23(25)24-6-2-4-8-26(24)27/h1-10,16,19,21-22,27H,11-14,17H2. The van der Waals surface area contributed by atoms with Crippen molar-refractivity contribution in [1.82, 2.24) is 9.88 Å². The van der Waals surface area contributed by atoms with Crippen molar-refractivity contribution >= 4 is 11.9 Å². The Hall–Kier alpha value is -3.98. The predicted octanol–water partition coefficient (Wildman–Crippen LogP) is 5.33. The monoisotopic (exact) mass is 463 g/mol. The molecule has 35 heavy (non-hydrogen) atoms. The van der Waals surface area contributed by atoms with Gasteiger partial charge < -0.3 is 9.64 Å². The molecule has 2 saturated heterocycles. The summed E-state index contributed by atoms with van der Waals surface area (Å²) in [4.78, 5) is 32.2. The number of hydrogen-bond acceptors (Lipinski definition) is 5. The van der Waals surface area contributed by atoms with Crippen LogP contribution in [0.3, 0.4) is 0 Å². The van der Waals surface area contributed by atoms with Gasteiger partial charge in [0.15, 0.2) is 5.78 Å². The number of hydrogen-bond donors (Lipinski definition) is 0. The minimum absolute atomic E-state index is 0.0182. The minimum Gasteiger partial charge on any atom is -0.448 e. The van der Waals surface area contributed by atoms with Gasteiger partial charge in [0.1, 0.15) is 18.4 Å². The van der Waals surface area contributed by atoms with Crippen molar-refractivity contribution in [2.24, 2.45) is 5.92 Å². The summed E-state index contributed by atoms with van der Waals surface area (Å²) in [6.45, 7) is 0.308. The third-order valence-electron chi connectivity index (χ3n) is 7.81. The Labute approximate surface area is 204 Å². The molecule has 0 radical (unpaired) electrons. The molecular formula is C29H25N3O3. The van der Waals surface area contributed by atoms with E-state index in [-0.39, 0.29) is 35.8 Å². The predicted molar refractivity (Wildman–Crippen MR) is 130 cm³/mol. The Morgan fingerprint density at radius 1 is 0.943 bits per heavy atom. The Morgan fingerprint density at radius 3 is 2.14 bits per heavy atom. The molecule has 0 saturated carbocycles. The lowest BCUT2D eigenvalue weighted by molar-refractivity contribution is 0.0506. The van der Waals surface area contributed by atoms with E-state index in [1.165, 1.54) is 28.5 Å². The van der Waals surface area contributed by atoms with E-state index >= 15 is 0 Å². The van der Waals surface area contributed by atoms with E-state index < -0.39 is 0 Å². The number of Topliss-reactive ketones (excluding diaryl/α,β-unsaturated/α-hetero) is 1. The molecule has 3 aromatic rings. The second-order valence-corrected chi connectivity index (χ2v) is 9.67. The molecule has 2 unspecified atom stereocenters. The van der Waals surface area contributed by atoms with E-state index in [2.05, 4.69) is 29.2 Å². The van der Waals surface area contributed by atoms with Crippen molar-refractivity contribution in [3.8, 4) is 17.2 Å². The zero-order valence-electron chi connectivity index (χ0n) is 19.3. The van der Waals surface area contributed by atoms with Gasteiger partial charge in [-0.2, -0.15) is 5.26 Å². The highest BCUT2D eigenvalue weighted by Gasteiger charge is 2.46. The molecule has 6 rings (SSSR count). The number of pyridine rings is 1. The second kappa shape index (κ2) is 8.66. The summed E-state index contributed by atoms with van der Waals surface area (Å²) >= 11 is 0. The lowest BCUT2D eigenvalue weighted by atomic mass is 9.85. The summed E-state index contributed by atoms with van der Waals surface area (Å²) in [5, 5.41) is 8.94. The van der Waals surface area contributed by atoms with Crippen LogP contribution in [0.4, 0.5) is 4.79 Å². The van der Waals surface area contributed by atoms with Gasteiger partial charge in [0.2, 0.25) is 0 Å². The number of carbonyl (C=O) groups is 2. The van der Waals surface area contributed by atoms with Gasteiger partial charge in [0, 0.05) is 35.7 Å². The largest absolute Gasteiger partial charge is 0.448 e. The van der Waals surface area contributed by atoms with E-state index in [9.17, 15) is 9.59 Å². The first-order valence-electron chi connectivity index (χ1n) is 12.2. The number of fused-ring (bicyclic) bond motifs is 5. The third kappa shape index (κ3) is 3.68. The molecule has 2 aromatic carbocycles. The Bertz CT molecular complexity index is 1280. The summed E-state index contributed by atoms with van der Waals surface area (Å²) < 4.78 is 5.93. The van der Waals surface area contributed by atoms with Crippen LogP contribution in [0.15, 0.2) is 66.9 Å². The van der Waals surface area contributed by atoms with Gasteiger partial charge in [-0.3, -0.25) is 4.79 Å². The normalized spacial score (nSPS) is 22.3. The number of rotatable bonds is 4. The van der Waals surface area contributed by atoms with Crippen LogP contribution in [0.25, 0.3) is 11.1 Å². The Morgan fingerprint density at radius 2 is 1.57 bits per heavy atom. The maximum atomic E-state index is 13.2. The lowest BCUT2D eigenvalue weighted by Crippen LogP contribution is -2.48. The van der Waals surface area contributed by atoms with E-state index in [0.717, 1.165) is 12.8 Å². The number of benzene rings is 2. The maximum Gasteiger partial charge on any atom is 0.410 e. The molecule has 1 aliphatic carbocycles. The van der Waals surface area contributed by atoms with E-state index in [1.54, 1.807) is 12.1 Å². The van der Waals surface area contributed by atoms with Crippen LogP contribution in [-0.4, -0.2) is 40.5 Å². The molecule has 174 valence electrons. The summed E-state index contributed by atoms with van der Waals surface area (Å²) in [7, 11) is 0. The van der Waals surface area contributed by atoms with Crippen LogP contribution in [0, 0.1) is 17.2 Å². The van der Waals surface area contributed by atoms with Gasteiger partial charge in [0.25, 0.3) is 0 Å². The molecule has 2 fully saturated rings. The molecule has 2 atom stereocenters. The number of piperidine rings is 1. The summed E-state index contributed by atoms with van der Waals surface area (Å²) in [6, 6.07) is 21.9. The first-order valence-corrected chi connectivity index (χ1v) is 12.2. The molecule has 1 amide bonds. The second-order valence-electron chi connectivity index (χ2n) is 9.67. The average Bonchev–Trinajstić information content (AvgIpc) is 3.37. The summed E-state index contributed by atoms with van der Waals surface area (Å²) in [6.07, 6.45) is 4.28. The lowest BCUT2D eigenvalue weighted by Gasteiger charge is -2.37.